The number of hydrogen-bond donors (Lipinski definition) is 9. The fraction of sp³-hybridized carbons (Fsp3) is 0.722. The number of phosphoric ester groups is 2. The van der Waals surface area contributed by atoms with Crippen molar-refractivity contribution in [2.75, 3.05) is 13.2 Å². The maximum absolute atomic E-state index is 13.1. The normalized spacial score (nSPS) is 38.2. The van der Waals surface area contributed by atoms with E-state index in [1.807, 2.05) is 0 Å². The van der Waals surface area contributed by atoms with E-state index in [1.54, 1.807) is 6.08 Å². The lowest BCUT2D eigenvalue weighted by Crippen LogP contribution is -2.78. The van der Waals surface area contributed by atoms with Gasteiger partial charge in [-0.15, -0.1) is 0 Å². The van der Waals surface area contributed by atoms with Gasteiger partial charge in [-0.05, 0) is 6.08 Å². The SMILES string of the molecule is N=C1NC(=O)N([C@H]2C[C@H](O)[C@@H](COP(=O)(O)O)O2)C(C2C=C3N2C(=O)N3[C@H]2C[C@H](O)[C@@H](COP(=O)(O)O)O2)C1N. The molecule has 0 radical (unpaired) electrons. The van der Waals surface area contributed by atoms with Crippen LogP contribution in [0, 0.1) is 5.41 Å². The maximum atomic E-state index is 13.1. The Balaban J connectivity index is 1.30. The van der Waals surface area contributed by atoms with E-state index in [4.69, 9.17) is 40.2 Å². The molecular formula is C18H28N6O14P2. The molecule has 0 aromatic carbocycles. The molecule has 0 saturated carbocycles. The van der Waals surface area contributed by atoms with Gasteiger partial charge in [0.15, 0.2) is 0 Å². The number of phosphoric acid groups is 2. The van der Waals surface area contributed by atoms with Crippen LogP contribution in [0.1, 0.15) is 12.8 Å². The molecule has 20 nitrogen and oxygen atoms in total. The third-order valence-corrected chi connectivity index (χ3v) is 8.16. The number of hydrogen-bond acceptors (Lipinski definition) is 12. The van der Waals surface area contributed by atoms with E-state index < -0.39 is 95.9 Å². The van der Waals surface area contributed by atoms with E-state index >= 15 is 0 Å². The number of urea groups is 2. The highest BCUT2D eigenvalue weighted by Crippen LogP contribution is 2.46. The number of amidine groups is 1. The molecular weight excluding hydrogens is 586 g/mol. The second-order valence-corrected chi connectivity index (χ2v) is 12.2. The Bertz CT molecular complexity index is 1210. The van der Waals surface area contributed by atoms with Crippen LogP contribution in [-0.4, -0.2) is 131 Å². The number of rotatable bonds is 9. The number of nitrogens with two attached hydrogens (primary N) is 1. The van der Waals surface area contributed by atoms with Crippen molar-refractivity contribution >= 4 is 33.5 Å². The monoisotopic (exact) mass is 614 g/mol. The highest BCUT2D eigenvalue weighted by atomic mass is 31.2. The molecule has 5 aliphatic rings. The van der Waals surface area contributed by atoms with Crippen molar-refractivity contribution in [3.05, 3.63) is 11.9 Å². The van der Waals surface area contributed by atoms with Crippen molar-refractivity contribution in [1.29, 1.82) is 5.41 Å². The van der Waals surface area contributed by atoms with Crippen LogP contribution in [0.3, 0.4) is 0 Å². The first-order chi connectivity index (χ1) is 18.6. The molecule has 0 aromatic rings. The van der Waals surface area contributed by atoms with Crippen LogP contribution in [0.4, 0.5) is 9.59 Å². The molecule has 5 aliphatic heterocycles. The summed E-state index contributed by atoms with van der Waals surface area (Å²) in [6.45, 7) is -1.27. The summed E-state index contributed by atoms with van der Waals surface area (Å²) in [5, 5.41) is 30.9. The summed E-state index contributed by atoms with van der Waals surface area (Å²) in [6, 6.07) is -4.36. The van der Waals surface area contributed by atoms with Gasteiger partial charge in [0, 0.05) is 12.8 Å². The second-order valence-electron chi connectivity index (χ2n) is 9.74. The summed E-state index contributed by atoms with van der Waals surface area (Å²) in [5.41, 5.74) is 6.23. The van der Waals surface area contributed by atoms with Crippen LogP contribution in [0.15, 0.2) is 11.9 Å². The lowest BCUT2D eigenvalue weighted by molar-refractivity contribution is -0.105. The van der Waals surface area contributed by atoms with E-state index in [1.165, 1.54) is 9.80 Å². The van der Waals surface area contributed by atoms with Crippen LogP contribution in [0.2, 0.25) is 0 Å². The van der Waals surface area contributed by atoms with Crippen molar-refractivity contribution in [2.45, 2.75) is 67.8 Å². The first kappa shape index (κ1) is 29.5. The fourth-order valence-corrected chi connectivity index (χ4v) is 6.02. The zero-order chi connectivity index (χ0) is 29.3. The number of carbonyl (C=O) groups excluding carboxylic acids is 2. The third kappa shape index (κ3) is 5.43. The molecule has 5 rings (SSSR count). The van der Waals surface area contributed by atoms with Crippen molar-refractivity contribution in [1.82, 2.24) is 20.0 Å². The molecule has 4 amide bonds. The standard InChI is InChI=1S/C18H28N6O14P2/c19-14-15(24(17(27)21-16(14)20)13-3-8(26)10(38-13)5-36-40(32,33)34)6-1-11-22(6)18(28)23(11)12-2-7(25)9(37-12)4-35-39(29,30)31/h1,6-10,12-15,25-26H,2-5,19H2,(H2,20,21,27)(H2,29,30,31)(H2,32,33,34)/t6?,7-,8-,9+,10+,12+,13+,14?,15?/m0/s1. The molecule has 22 heteroatoms. The molecule has 9 atom stereocenters. The average molecular weight is 614 g/mol. The van der Waals surface area contributed by atoms with Crippen molar-refractivity contribution < 1.29 is 67.0 Å². The van der Waals surface area contributed by atoms with Gasteiger partial charge in [0.1, 0.15) is 36.3 Å². The molecule has 10 N–H and O–H groups in total. The molecule has 4 fully saturated rings. The van der Waals surface area contributed by atoms with Gasteiger partial charge in [-0.3, -0.25) is 34.5 Å². The van der Waals surface area contributed by atoms with Crippen molar-refractivity contribution in [3.63, 3.8) is 0 Å². The number of aliphatic hydroxyl groups is 2. The number of nitrogens with one attached hydrogen (secondary N) is 2. The number of ether oxygens (including phenoxy) is 2. The van der Waals surface area contributed by atoms with Crippen LogP contribution < -0.4 is 11.1 Å². The van der Waals surface area contributed by atoms with E-state index in [-0.39, 0.29) is 18.7 Å². The largest absolute Gasteiger partial charge is 0.469 e. The minimum Gasteiger partial charge on any atom is -0.390 e. The fourth-order valence-electron chi connectivity index (χ4n) is 5.33. The molecule has 0 aliphatic carbocycles. The Kier molecular flexibility index (Phi) is 7.63. The van der Waals surface area contributed by atoms with E-state index in [9.17, 15) is 28.9 Å². The highest BCUT2D eigenvalue weighted by Gasteiger charge is 2.61. The maximum Gasteiger partial charge on any atom is 0.469 e. The smallest absolute Gasteiger partial charge is 0.390 e. The van der Waals surface area contributed by atoms with Gasteiger partial charge in [0.25, 0.3) is 0 Å². The summed E-state index contributed by atoms with van der Waals surface area (Å²) in [5.74, 6) is 0.0294. The Morgan fingerprint density at radius 2 is 1.50 bits per heavy atom. The summed E-state index contributed by atoms with van der Waals surface area (Å²) in [7, 11) is -9.66. The Morgan fingerprint density at radius 3 is 2.02 bits per heavy atom. The minimum absolute atomic E-state index is 0.0647. The number of aliphatic hydroxyl groups excluding tert-OH is 2. The molecule has 4 saturated heterocycles. The van der Waals surface area contributed by atoms with Crippen LogP contribution >= 0.6 is 15.6 Å². The van der Waals surface area contributed by atoms with Crippen molar-refractivity contribution in [2.24, 2.45) is 5.73 Å². The van der Waals surface area contributed by atoms with E-state index in [0.717, 1.165) is 4.90 Å². The molecule has 0 aromatic heterocycles. The number of fused-ring (bicyclic) bond motifs is 1. The average Bonchev–Trinajstić information content (AvgIpc) is 3.36. The molecule has 5 heterocycles. The number of carbonyl (C=O) groups is 2. The predicted molar refractivity (Wildman–Crippen MR) is 125 cm³/mol. The van der Waals surface area contributed by atoms with Gasteiger partial charge in [0.05, 0.1) is 43.5 Å². The summed E-state index contributed by atoms with van der Waals surface area (Å²) < 4.78 is 42.0. The Hall–Kier alpha value is -2.03. The topological polar surface area (TPSA) is 298 Å². The second kappa shape index (κ2) is 10.4. The molecule has 224 valence electrons. The zero-order valence-corrected chi connectivity index (χ0v) is 22.2. The van der Waals surface area contributed by atoms with E-state index in [0.29, 0.717) is 5.82 Å². The van der Waals surface area contributed by atoms with Crippen molar-refractivity contribution in [3.8, 4) is 0 Å². The highest BCUT2D eigenvalue weighted by molar-refractivity contribution is 7.46. The van der Waals surface area contributed by atoms with Gasteiger partial charge in [-0.2, -0.15) is 0 Å². The first-order valence-corrected chi connectivity index (χ1v) is 15.0. The Labute approximate surface area is 225 Å². The lowest BCUT2D eigenvalue weighted by atomic mass is 9.88. The number of amides is 4. The van der Waals surface area contributed by atoms with Gasteiger partial charge >= 0.3 is 27.7 Å². The van der Waals surface area contributed by atoms with Crippen LogP contribution in [0.5, 0.6) is 0 Å². The summed E-state index contributed by atoms with van der Waals surface area (Å²) in [6.07, 6.45) is -5.48. The summed E-state index contributed by atoms with van der Waals surface area (Å²) in [4.78, 5) is 65.3. The molecule has 40 heavy (non-hydrogen) atoms. The van der Waals surface area contributed by atoms with Gasteiger partial charge in [0.2, 0.25) is 0 Å². The molecule has 0 spiro atoms. The predicted octanol–water partition coefficient (Wildman–Crippen LogP) is -3.18. The minimum atomic E-state index is -4.86. The van der Waals surface area contributed by atoms with Crippen LogP contribution in [0.25, 0.3) is 0 Å². The molecule has 3 unspecified atom stereocenters. The third-order valence-electron chi connectivity index (χ3n) is 7.19. The van der Waals surface area contributed by atoms with Gasteiger partial charge in [-0.1, -0.05) is 0 Å². The Morgan fingerprint density at radius 1 is 0.975 bits per heavy atom. The van der Waals surface area contributed by atoms with Gasteiger partial charge in [-0.25, -0.2) is 18.7 Å². The number of nitrogens with zero attached hydrogens (tertiary/aromatic N) is 3. The van der Waals surface area contributed by atoms with Crippen LogP contribution in [-0.2, 0) is 27.7 Å². The van der Waals surface area contributed by atoms with Gasteiger partial charge < -0.3 is 45.0 Å². The summed E-state index contributed by atoms with van der Waals surface area (Å²) >= 11 is 0. The lowest BCUT2D eigenvalue weighted by Gasteiger charge is -2.59. The van der Waals surface area contributed by atoms with E-state index in [2.05, 4.69) is 14.4 Å². The molecule has 0 bridgehead atoms. The quantitative estimate of drug-likeness (QED) is 0.116. The zero-order valence-electron chi connectivity index (χ0n) is 20.4. The first-order valence-electron chi connectivity index (χ1n) is 11.9.